The molecule has 0 aromatic carbocycles. The molecule has 1 N–H and O–H groups in total. The van der Waals surface area contributed by atoms with Crippen LogP contribution in [0.15, 0.2) is 18.3 Å². The Hall–Kier alpha value is -1.98. The fourth-order valence-electron chi connectivity index (χ4n) is 3.88. The molecule has 0 aliphatic carbocycles. The lowest BCUT2D eigenvalue weighted by molar-refractivity contribution is -0.140. The second kappa shape index (κ2) is 7.50. The van der Waals surface area contributed by atoms with Gasteiger partial charge in [0.25, 0.3) is 0 Å². The van der Waals surface area contributed by atoms with Crippen molar-refractivity contribution in [3.05, 3.63) is 24.0 Å². The molecule has 25 heavy (non-hydrogen) atoms. The Labute approximate surface area is 150 Å². The minimum Gasteiger partial charge on any atom is -0.348 e. The van der Waals surface area contributed by atoms with Crippen LogP contribution in [0.2, 0.25) is 0 Å². The molecule has 0 spiro atoms. The molecule has 2 aliphatic rings. The minimum atomic E-state index is -0.0810. The van der Waals surface area contributed by atoms with Gasteiger partial charge in [-0.15, -0.1) is 0 Å². The highest BCUT2D eigenvalue weighted by Gasteiger charge is 2.35. The summed E-state index contributed by atoms with van der Waals surface area (Å²) in [5.74, 6) is 0.542. The zero-order chi connectivity index (χ0) is 18.0. The normalized spacial score (nSPS) is 23.5. The van der Waals surface area contributed by atoms with E-state index >= 15 is 0 Å². The van der Waals surface area contributed by atoms with Crippen LogP contribution in [0.5, 0.6) is 0 Å². The molecule has 3 rings (SSSR count). The molecular formula is C19H30N4O2. The number of carbonyl (C=O) groups excluding carboxylic acids is 2. The van der Waals surface area contributed by atoms with E-state index < -0.39 is 0 Å². The standard InChI is InChI=1S/C19H30N4O2/c1-14(2)12-20-19(25)22-9-4-6-16(13-22)18(24)23-11-10-21-8-5-7-17(21)15(23)3/h5,7-8,14-16H,4,6,9-13H2,1-3H3,(H,20,25)/t15-,16-/m1/s1. The van der Waals surface area contributed by atoms with Gasteiger partial charge in [-0.1, -0.05) is 13.8 Å². The van der Waals surface area contributed by atoms with Crippen molar-refractivity contribution >= 4 is 11.9 Å². The molecule has 1 saturated heterocycles. The third-order valence-electron chi connectivity index (χ3n) is 5.34. The highest BCUT2D eigenvalue weighted by atomic mass is 16.2. The molecule has 3 amide bonds. The Kier molecular flexibility index (Phi) is 5.35. The second-order valence-corrected chi connectivity index (χ2v) is 7.70. The van der Waals surface area contributed by atoms with Gasteiger partial charge in [-0.3, -0.25) is 4.79 Å². The fourth-order valence-corrected chi connectivity index (χ4v) is 3.88. The van der Waals surface area contributed by atoms with Crippen LogP contribution in [0.4, 0.5) is 4.79 Å². The molecule has 2 aliphatic heterocycles. The first-order valence-corrected chi connectivity index (χ1v) is 9.45. The van der Waals surface area contributed by atoms with Crippen molar-refractivity contribution in [2.45, 2.75) is 46.2 Å². The number of aromatic nitrogens is 1. The first-order chi connectivity index (χ1) is 12.0. The van der Waals surface area contributed by atoms with Crippen molar-refractivity contribution in [3.63, 3.8) is 0 Å². The van der Waals surface area contributed by atoms with E-state index in [1.807, 2.05) is 15.9 Å². The van der Waals surface area contributed by atoms with Crippen molar-refractivity contribution in [2.24, 2.45) is 11.8 Å². The predicted octanol–water partition coefficient (Wildman–Crippen LogP) is 2.47. The Balaban J connectivity index is 1.61. The number of amides is 3. The van der Waals surface area contributed by atoms with Gasteiger partial charge in [0.05, 0.1) is 12.0 Å². The number of hydrogen-bond acceptors (Lipinski definition) is 2. The van der Waals surface area contributed by atoms with Gasteiger partial charge in [-0.25, -0.2) is 4.79 Å². The summed E-state index contributed by atoms with van der Waals surface area (Å²) in [4.78, 5) is 29.2. The summed E-state index contributed by atoms with van der Waals surface area (Å²) in [6.45, 7) is 9.81. The van der Waals surface area contributed by atoms with Gasteiger partial charge >= 0.3 is 6.03 Å². The predicted molar refractivity (Wildman–Crippen MR) is 97.1 cm³/mol. The number of urea groups is 1. The molecule has 2 atom stereocenters. The summed E-state index contributed by atoms with van der Waals surface area (Å²) in [6, 6.07) is 4.20. The van der Waals surface area contributed by atoms with Gasteiger partial charge in [0, 0.05) is 44.6 Å². The Bertz CT molecular complexity index is 625. The summed E-state index contributed by atoms with van der Waals surface area (Å²) in [6.07, 6.45) is 3.84. The smallest absolute Gasteiger partial charge is 0.317 e. The van der Waals surface area contributed by atoms with Crippen LogP contribution in [0.3, 0.4) is 0 Å². The van der Waals surface area contributed by atoms with Gasteiger partial charge in [0.1, 0.15) is 0 Å². The Morgan fingerprint density at radius 1 is 1.28 bits per heavy atom. The van der Waals surface area contributed by atoms with Crippen LogP contribution < -0.4 is 5.32 Å². The first-order valence-electron chi connectivity index (χ1n) is 9.45. The lowest BCUT2D eigenvalue weighted by Crippen LogP contribution is -2.51. The maximum Gasteiger partial charge on any atom is 0.317 e. The van der Waals surface area contributed by atoms with Gasteiger partial charge in [-0.05, 0) is 37.8 Å². The minimum absolute atomic E-state index is 0.0354. The Morgan fingerprint density at radius 3 is 2.84 bits per heavy atom. The first kappa shape index (κ1) is 17.8. The topological polar surface area (TPSA) is 57.6 Å². The van der Waals surface area contributed by atoms with Crippen LogP contribution >= 0.6 is 0 Å². The van der Waals surface area contributed by atoms with Crippen molar-refractivity contribution in [1.29, 1.82) is 0 Å². The molecule has 0 bridgehead atoms. The largest absolute Gasteiger partial charge is 0.348 e. The van der Waals surface area contributed by atoms with Gasteiger partial charge in [0.2, 0.25) is 5.91 Å². The van der Waals surface area contributed by atoms with Gasteiger partial charge < -0.3 is 19.7 Å². The monoisotopic (exact) mass is 346 g/mol. The molecule has 1 aromatic heterocycles. The van der Waals surface area contributed by atoms with E-state index in [9.17, 15) is 9.59 Å². The number of fused-ring (bicyclic) bond motifs is 1. The lowest BCUT2D eigenvalue weighted by Gasteiger charge is -2.39. The van der Waals surface area contributed by atoms with Crippen molar-refractivity contribution in [3.8, 4) is 0 Å². The number of likely N-dealkylation sites (tertiary alicyclic amines) is 1. The number of piperidine rings is 1. The number of nitrogens with one attached hydrogen (secondary N) is 1. The number of nitrogens with zero attached hydrogens (tertiary/aromatic N) is 3. The molecule has 3 heterocycles. The molecule has 0 unspecified atom stereocenters. The summed E-state index contributed by atoms with van der Waals surface area (Å²) in [5.41, 5.74) is 1.20. The molecule has 6 nitrogen and oxygen atoms in total. The van der Waals surface area contributed by atoms with Crippen molar-refractivity contribution in [1.82, 2.24) is 19.7 Å². The third kappa shape index (κ3) is 3.83. The van der Waals surface area contributed by atoms with Crippen LogP contribution in [0, 0.1) is 11.8 Å². The lowest BCUT2D eigenvalue weighted by atomic mass is 9.95. The number of rotatable bonds is 3. The molecular weight excluding hydrogens is 316 g/mol. The van der Waals surface area contributed by atoms with E-state index in [0.717, 1.165) is 32.5 Å². The average molecular weight is 346 g/mol. The molecule has 1 aromatic rings. The zero-order valence-electron chi connectivity index (χ0n) is 15.6. The number of carbonyl (C=O) groups is 2. The molecule has 0 radical (unpaired) electrons. The molecule has 1 fully saturated rings. The SMILES string of the molecule is CC(C)CNC(=O)N1CCC[C@@H](C(=O)N2CCn3cccc3[C@H]2C)C1. The maximum absolute atomic E-state index is 13.1. The van der Waals surface area contributed by atoms with Crippen LogP contribution in [-0.2, 0) is 11.3 Å². The summed E-state index contributed by atoms with van der Waals surface area (Å²) < 4.78 is 2.22. The average Bonchev–Trinajstić information content (AvgIpc) is 3.09. The summed E-state index contributed by atoms with van der Waals surface area (Å²) in [5, 5.41) is 2.97. The third-order valence-corrected chi connectivity index (χ3v) is 5.34. The molecule has 138 valence electrons. The van der Waals surface area contributed by atoms with Crippen LogP contribution in [0.25, 0.3) is 0 Å². The maximum atomic E-state index is 13.1. The van der Waals surface area contributed by atoms with E-state index in [-0.39, 0.29) is 23.9 Å². The van der Waals surface area contributed by atoms with E-state index in [1.165, 1.54) is 5.69 Å². The summed E-state index contributed by atoms with van der Waals surface area (Å²) in [7, 11) is 0. The zero-order valence-corrected chi connectivity index (χ0v) is 15.6. The van der Waals surface area contributed by atoms with E-state index in [0.29, 0.717) is 19.0 Å². The Morgan fingerprint density at radius 2 is 2.08 bits per heavy atom. The van der Waals surface area contributed by atoms with Gasteiger partial charge in [0.15, 0.2) is 0 Å². The molecule has 0 saturated carbocycles. The van der Waals surface area contributed by atoms with Crippen LogP contribution in [0.1, 0.15) is 45.3 Å². The highest BCUT2D eigenvalue weighted by molar-refractivity contribution is 5.81. The van der Waals surface area contributed by atoms with Crippen LogP contribution in [-0.4, -0.2) is 52.5 Å². The van der Waals surface area contributed by atoms with E-state index in [2.05, 4.69) is 42.9 Å². The molecule has 6 heteroatoms. The van der Waals surface area contributed by atoms with Crippen molar-refractivity contribution in [2.75, 3.05) is 26.2 Å². The fraction of sp³-hybridized carbons (Fsp3) is 0.684. The van der Waals surface area contributed by atoms with Crippen molar-refractivity contribution < 1.29 is 9.59 Å². The number of hydrogen-bond donors (Lipinski definition) is 1. The van der Waals surface area contributed by atoms with Gasteiger partial charge in [-0.2, -0.15) is 0 Å². The second-order valence-electron chi connectivity index (χ2n) is 7.70. The summed E-state index contributed by atoms with van der Waals surface area (Å²) >= 11 is 0. The highest BCUT2D eigenvalue weighted by Crippen LogP contribution is 2.29. The quantitative estimate of drug-likeness (QED) is 0.914. The van der Waals surface area contributed by atoms with E-state index in [4.69, 9.17) is 0 Å². The van der Waals surface area contributed by atoms with E-state index in [1.54, 1.807) is 0 Å².